The van der Waals surface area contributed by atoms with E-state index in [4.69, 9.17) is 0 Å². The Morgan fingerprint density at radius 1 is 0.852 bits per heavy atom. The highest BCUT2D eigenvalue weighted by atomic mass is 16.3. The molecule has 0 amide bonds. The highest BCUT2D eigenvalue weighted by molar-refractivity contribution is 4.84. The molecule has 0 aromatic carbocycles. The van der Waals surface area contributed by atoms with Crippen molar-refractivity contribution in [2.75, 3.05) is 19.7 Å². The number of unbranched alkanes of at least 4 members (excludes halogenated alkanes) is 11. The summed E-state index contributed by atoms with van der Waals surface area (Å²) in [5.41, 5.74) is 0. The first-order valence-electron chi connectivity index (χ1n) is 11.8. The van der Waals surface area contributed by atoms with Crippen LogP contribution in [0.2, 0.25) is 0 Å². The van der Waals surface area contributed by atoms with Gasteiger partial charge in [-0.3, -0.25) is 4.48 Å². The van der Waals surface area contributed by atoms with Gasteiger partial charge in [-0.05, 0) is 39.0 Å². The Bertz CT molecular complexity index is 394. The van der Waals surface area contributed by atoms with Gasteiger partial charge in [-0.1, -0.05) is 70.4 Å². The molecule has 0 fully saturated rings. The standard InChI is InChI=1S/C24H47N2O/c1-3-5-6-7-8-9-10-11-12-13-14-15-16-17-18-19-24-25-20-21-26(24,4-2)22-23-27/h13-14,20-21,24-25,27H,3-12,15-19,22-23H2,1-2H3/q+1/b14-13+. The first kappa shape index (κ1) is 24.2. The lowest BCUT2D eigenvalue weighted by Crippen LogP contribution is -2.54. The van der Waals surface area contributed by atoms with E-state index in [-0.39, 0.29) is 6.61 Å². The van der Waals surface area contributed by atoms with Crippen LogP contribution < -0.4 is 5.32 Å². The van der Waals surface area contributed by atoms with Crippen LogP contribution in [0.5, 0.6) is 0 Å². The van der Waals surface area contributed by atoms with E-state index in [0.29, 0.717) is 6.17 Å². The summed E-state index contributed by atoms with van der Waals surface area (Å²) in [5.74, 6) is 0. The Hall–Kier alpha value is -0.800. The molecule has 0 bridgehead atoms. The van der Waals surface area contributed by atoms with Crippen molar-refractivity contribution < 1.29 is 9.59 Å². The summed E-state index contributed by atoms with van der Waals surface area (Å²) in [6.45, 7) is 6.64. The Balaban J connectivity index is 1.93. The van der Waals surface area contributed by atoms with Crippen LogP contribution in [0.25, 0.3) is 0 Å². The maximum Gasteiger partial charge on any atom is 0.166 e. The molecule has 0 aromatic rings. The lowest BCUT2D eigenvalue weighted by atomic mass is 10.1. The van der Waals surface area contributed by atoms with Crippen LogP contribution in [0.15, 0.2) is 24.6 Å². The lowest BCUT2D eigenvalue weighted by Gasteiger charge is -2.36. The number of aliphatic hydroxyl groups is 1. The second-order valence-electron chi connectivity index (χ2n) is 8.24. The summed E-state index contributed by atoms with van der Waals surface area (Å²) in [6.07, 6.45) is 28.4. The molecule has 27 heavy (non-hydrogen) atoms. The quantitative estimate of drug-likeness (QED) is 0.167. The Morgan fingerprint density at radius 3 is 2.04 bits per heavy atom. The molecule has 3 heteroatoms. The van der Waals surface area contributed by atoms with Crippen molar-refractivity contribution in [2.45, 2.75) is 110 Å². The minimum absolute atomic E-state index is 0.264. The van der Waals surface area contributed by atoms with Crippen LogP contribution in [-0.4, -0.2) is 35.5 Å². The fourth-order valence-electron chi connectivity index (χ4n) is 4.20. The third-order valence-corrected chi connectivity index (χ3v) is 6.13. The summed E-state index contributed by atoms with van der Waals surface area (Å²) in [5, 5.41) is 12.9. The second kappa shape index (κ2) is 16.2. The first-order chi connectivity index (χ1) is 13.3. The van der Waals surface area contributed by atoms with Gasteiger partial charge in [0.1, 0.15) is 12.7 Å². The maximum absolute atomic E-state index is 9.36. The zero-order chi connectivity index (χ0) is 19.6. The molecular weight excluding hydrogens is 332 g/mol. The van der Waals surface area contributed by atoms with E-state index in [1.165, 1.54) is 89.9 Å². The molecule has 2 unspecified atom stereocenters. The molecule has 0 spiro atoms. The number of nitrogens with zero attached hydrogens (tertiary/aromatic N) is 1. The molecule has 2 atom stereocenters. The largest absolute Gasteiger partial charge is 0.390 e. The van der Waals surface area contributed by atoms with Gasteiger partial charge < -0.3 is 10.4 Å². The van der Waals surface area contributed by atoms with E-state index >= 15 is 0 Å². The highest BCUT2D eigenvalue weighted by Crippen LogP contribution is 2.22. The molecule has 0 saturated carbocycles. The van der Waals surface area contributed by atoms with Gasteiger partial charge in [-0.15, -0.1) is 0 Å². The molecule has 158 valence electrons. The van der Waals surface area contributed by atoms with Crippen molar-refractivity contribution in [3.8, 4) is 0 Å². The predicted molar refractivity (Wildman–Crippen MR) is 118 cm³/mol. The fraction of sp³-hybridized carbons (Fsp3) is 0.833. The number of hydrogen-bond acceptors (Lipinski definition) is 2. The summed E-state index contributed by atoms with van der Waals surface area (Å²) < 4.78 is 0.898. The van der Waals surface area contributed by atoms with Gasteiger partial charge in [0.05, 0.1) is 19.4 Å². The first-order valence-corrected chi connectivity index (χ1v) is 11.8. The van der Waals surface area contributed by atoms with Crippen LogP contribution in [0, 0.1) is 0 Å². The number of likely N-dealkylation sites (N-methyl/N-ethyl adjacent to an activating group) is 1. The summed E-state index contributed by atoms with van der Waals surface area (Å²) in [4.78, 5) is 0. The number of rotatable bonds is 18. The molecule has 2 N–H and O–H groups in total. The highest BCUT2D eigenvalue weighted by Gasteiger charge is 2.35. The smallest absolute Gasteiger partial charge is 0.166 e. The second-order valence-corrected chi connectivity index (χ2v) is 8.24. The van der Waals surface area contributed by atoms with Crippen LogP contribution in [0.1, 0.15) is 104 Å². The third kappa shape index (κ3) is 10.4. The number of hydrogen-bond donors (Lipinski definition) is 2. The minimum atomic E-state index is 0.264. The Kier molecular flexibility index (Phi) is 14.5. The molecule has 3 nitrogen and oxygen atoms in total. The molecule has 0 saturated heterocycles. The van der Waals surface area contributed by atoms with Gasteiger partial charge in [-0.2, -0.15) is 0 Å². The third-order valence-electron chi connectivity index (χ3n) is 6.13. The fourth-order valence-corrected chi connectivity index (χ4v) is 4.20. The van der Waals surface area contributed by atoms with E-state index in [2.05, 4.69) is 43.7 Å². The molecule has 0 radical (unpaired) electrons. The van der Waals surface area contributed by atoms with Crippen molar-refractivity contribution in [2.24, 2.45) is 0 Å². The maximum atomic E-state index is 9.36. The van der Waals surface area contributed by atoms with Crippen LogP contribution in [-0.2, 0) is 0 Å². The van der Waals surface area contributed by atoms with Crippen LogP contribution >= 0.6 is 0 Å². The molecule has 0 aromatic heterocycles. The molecule has 1 rings (SSSR count). The van der Waals surface area contributed by atoms with Crippen molar-refractivity contribution in [1.29, 1.82) is 0 Å². The van der Waals surface area contributed by atoms with Gasteiger partial charge >= 0.3 is 0 Å². The average Bonchev–Trinajstić information content (AvgIpc) is 3.08. The summed E-state index contributed by atoms with van der Waals surface area (Å²) in [7, 11) is 0. The normalized spacial score (nSPS) is 22.0. The van der Waals surface area contributed by atoms with Crippen molar-refractivity contribution in [3.63, 3.8) is 0 Å². The van der Waals surface area contributed by atoms with Crippen molar-refractivity contribution in [3.05, 3.63) is 24.6 Å². The Labute approximate surface area is 169 Å². The van der Waals surface area contributed by atoms with Crippen molar-refractivity contribution >= 4 is 0 Å². The number of allylic oxidation sites excluding steroid dienone is 2. The zero-order valence-electron chi connectivity index (χ0n) is 18.3. The van der Waals surface area contributed by atoms with E-state index in [0.717, 1.165) is 17.6 Å². The van der Waals surface area contributed by atoms with Crippen LogP contribution in [0.3, 0.4) is 0 Å². The molecule has 0 aliphatic carbocycles. The van der Waals surface area contributed by atoms with E-state index in [9.17, 15) is 5.11 Å². The number of nitrogens with one attached hydrogen (secondary N) is 1. The average molecular weight is 380 g/mol. The number of quaternary nitrogens is 1. The van der Waals surface area contributed by atoms with Crippen molar-refractivity contribution in [1.82, 2.24) is 5.32 Å². The SMILES string of the molecule is CCCCCCCCCC/C=C/CCCCCC1NC=C[N+]1(CC)CCO. The van der Waals surface area contributed by atoms with Crippen LogP contribution in [0.4, 0.5) is 0 Å². The monoisotopic (exact) mass is 379 g/mol. The molecular formula is C24H47N2O+. The van der Waals surface area contributed by atoms with E-state index in [1.807, 2.05) is 0 Å². The zero-order valence-corrected chi connectivity index (χ0v) is 18.3. The molecule has 1 aliphatic heterocycles. The minimum Gasteiger partial charge on any atom is -0.390 e. The predicted octanol–water partition coefficient (Wildman–Crippen LogP) is 6.25. The summed E-state index contributed by atoms with van der Waals surface area (Å²) >= 11 is 0. The summed E-state index contributed by atoms with van der Waals surface area (Å²) in [6, 6.07) is 0. The van der Waals surface area contributed by atoms with Gasteiger partial charge in [0.15, 0.2) is 6.17 Å². The number of aliphatic hydroxyl groups excluding tert-OH is 1. The van der Waals surface area contributed by atoms with Gasteiger partial charge in [0.25, 0.3) is 0 Å². The molecule has 1 heterocycles. The van der Waals surface area contributed by atoms with Gasteiger partial charge in [0.2, 0.25) is 0 Å². The topological polar surface area (TPSA) is 32.3 Å². The lowest BCUT2D eigenvalue weighted by molar-refractivity contribution is -0.900. The van der Waals surface area contributed by atoms with Gasteiger partial charge in [0, 0.05) is 6.42 Å². The van der Waals surface area contributed by atoms with E-state index in [1.54, 1.807) is 0 Å². The van der Waals surface area contributed by atoms with Gasteiger partial charge in [-0.25, -0.2) is 0 Å². The molecule has 1 aliphatic rings. The van der Waals surface area contributed by atoms with E-state index < -0.39 is 0 Å². The Morgan fingerprint density at radius 2 is 1.44 bits per heavy atom.